The van der Waals surface area contributed by atoms with Gasteiger partial charge in [0.2, 0.25) is 0 Å². The fourth-order valence-corrected chi connectivity index (χ4v) is 1.79. The molecule has 1 saturated heterocycles. The Balaban J connectivity index is 2.57. The van der Waals surface area contributed by atoms with Gasteiger partial charge >= 0.3 is 5.97 Å². The quantitative estimate of drug-likeness (QED) is 0.648. The van der Waals surface area contributed by atoms with Crippen LogP contribution in [0.15, 0.2) is 0 Å². The molecule has 76 valence electrons. The summed E-state index contributed by atoms with van der Waals surface area (Å²) >= 11 is 0. The van der Waals surface area contributed by atoms with E-state index in [9.17, 15) is 4.79 Å². The number of piperidine rings is 1. The third kappa shape index (κ3) is 2.69. The molecule has 0 unspecified atom stereocenters. The van der Waals surface area contributed by atoms with E-state index in [2.05, 4.69) is 26.1 Å². The van der Waals surface area contributed by atoms with E-state index >= 15 is 0 Å². The lowest BCUT2D eigenvalue weighted by atomic mass is 9.74. The summed E-state index contributed by atoms with van der Waals surface area (Å²) in [5.41, 5.74) is 0.209. The maximum absolute atomic E-state index is 10.8. The molecule has 0 spiro atoms. The van der Waals surface area contributed by atoms with E-state index in [1.54, 1.807) is 0 Å². The van der Waals surface area contributed by atoms with E-state index in [-0.39, 0.29) is 11.3 Å². The SMILES string of the molecule is CC(C)(C)[C@H]1CNC[C@H](C(=O)O)C1. The van der Waals surface area contributed by atoms with Crippen molar-refractivity contribution in [1.29, 1.82) is 0 Å². The second-order valence-corrected chi connectivity index (χ2v) is 4.99. The van der Waals surface area contributed by atoms with E-state index < -0.39 is 5.97 Å². The minimum Gasteiger partial charge on any atom is -0.481 e. The van der Waals surface area contributed by atoms with Crippen LogP contribution in [0.2, 0.25) is 0 Å². The van der Waals surface area contributed by atoms with Crippen LogP contribution in [0.5, 0.6) is 0 Å². The van der Waals surface area contributed by atoms with Crippen molar-refractivity contribution in [3.05, 3.63) is 0 Å². The highest BCUT2D eigenvalue weighted by Gasteiger charge is 2.33. The van der Waals surface area contributed by atoms with Gasteiger partial charge < -0.3 is 10.4 Å². The van der Waals surface area contributed by atoms with Gasteiger partial charge in [0.05, 0.1) is 5.92 Å². The lowest BCUT2D eigenvalue weighted by Crippen LogP contribution is -2.44. The average molecular weight is 185 g/mol. The van der Waals surface area contributed by atoms with Crippen LogP contribution in [0, 0.1) is 17.3 Å². The number of carbonyl (C=O) groups is 1. The van der Waals surface area contributed by atoms with Crippen molar-refractivity contribution >= 4 is 5.97 Å². The van der Waals surface area contributed by atoms with Crippen LogP contribution in [0.3, 0.4) is 0 Å². The summed E-state index contributed by atoms with van der Waals surface area (Å²) < 4.78 is 0. The van der Waals surface area contributed by atoms with E-state index in [4.69, 9.17) is 5.11 Å². The maximum atomic E-state index is 10.8. The minimum atomic E-state index is -0.665. The van der Waals surface area contributed by atoms with Crippen LogP contribution in [-0.4, -0.2) is 24.2 Å². The first-order valence-electron chi connectivity index (χ1n) is 4.85. The minimum absolute atomic E-state index is 0.196. The maximum Gasteiger partial charge on any atom is 0.307 e. The Hall–Kier alpha value is -0.570. The van der Waals surface area contributed by atoms with Crippen molar-refractivity contribution in [2.45, 2.75) is 27.2 Å². The molecule has 0 radical (unpaired) electrons. The molecule has 0 aromatic carbocycles. The molecule has 0 saturated carbocycles. The normalized spacial score (nSPS) is 30.1. The molecule has 2 atom stereocenters. The molecule has 1 heterocycles. The van der Waals surface area contributed by atoms with Crippen LogP contribution in [0.1, 0.15) is 27.2 Å². The van der Waals surface area contributed by atoms with Gasteiger partial charge in [-0.05, 0) is 24.3 Å². The smallest absolute Gasteiger partial charge is 0.307 e. The van der Waals surface area contributed by atoms with E-state index in [0.29, 0.717) is 12.5 Å². The van der Waals surface area contributed by atoms with E-state index in [1.807, 2.05) is 0 Å². The van der Waals surface area contributed by atoms with Gasteiger partial charge in [-0.25, -0.2) is 0 Å². The van der Waals surface area contributed by atoms with Crippen molar-refractivity contribution in [3.8, 4) is 0 Å². The number of nitrogens with one attached hydrogen (secondary N) is 1. The largest absolute Gasteiger partial charge is 0.481 e. The molecule has 1 fully saturated rings. The lowest BCUT2D eigenvalue weighted by molar-refractivity contribution is -0.143. The molecule has 0 aliphatic carbocycles. The van der Waals surface area contributed by atoms with Crippen LogP contribution >= 0.6 is 0 Å². The summed E-state index contributed by atoms with van der Waals surface area (Å²) in [5.74, 6) is -0.387. The van der Waals surface area contributed by atoms with Crippen molar-refractivity contribution in [1.82, 2.24) is 5.32 Å². The summed E-state index contributed by atoms with van der Waals surface area (Å²) in [6.07, 6.45) is 0.811. The first-order valence-corrected chi connectivity index (χ1v) is 4.85. The summed E-state index contributed by atoms with van der Waals surface area (Å²) in [6.45, 7) is 8.09. The second-order valence-electron chi connectivity index (χ2n) is 4.99. The molecule has 0 aromatic heterocycles. The van der Waals surface area contributed by atoms with Gasteiger partial charge in [0.1, 0.15) is 0 Å². The molecule has 3 nitrogen and oxygen atoms in total. The molecular formula is C10H19NO2. The predicted molar refractivity (Wildman–Crippen MR) is 51.6 cm³/mol. The summed E-state index contributed by atoms with van der Waals surface area (Å²) in [6, 6.07) is 0. The summed E-state index contributed by atoms with van der Waals surface area (Å²) in [7, 11) is 0. The molecule has 3 heteroatoms. The third-order valence-electron chi connectivity index (χ3n) is 2.92. The Morgan fingerprint density at radius 2 is 2.00 bits per heavy atom. The highest BCUT2D eigenvalue weighted by Crippen LogP contribution is 2.32. The Labute approximate surface area is 79.5 Å². The van der Waals surface area contributed by atoms with Crippen LogP contribution < -0.4 is 5.32 Å². The highest BCUT2D eigenvalue weighted by molar-refractivity contribution is 5.70. The van der Waals surface area contributed by atoms with Crippen LogP contribution in [0.4, 0.5) is 0 Å². The zero-order chi connectivity index (χ0) is 10.1. The van der Waals surface area contributed by atoms with Crippen molar-refractivity contribution < 1.29 is 9.90 Å². The number of carboxylic acid groups (broad SMARTS) is 1. The number of rotatable bonds is 1. The molecule has 1 aliphatic rings. The zero-order valence-corrected chi connectivity index (χ0v) is 8.63. The Morgan fingerprint density at radius 1 is 1.38 bits per heavy atom. The fourth-order valence-electron chi connectivity index (χ4n) is 1.79. The first kappa shape index (κ1) is 10.5. The second kappa shape index (κ2) is 3.66. The van der Waals surface area contributed by atoms with E-state index in [1.165, 1.54) is 0 Å². The van der Waals surface area contributed by atoms with Crippen molar-refractivity contribution in [2.75, 3.05) is 13.1 Å². The fraction of sp³-hybridized carbons (Fsp3) is 0.900. The van der Waals surface area contributed by atoms with Gasteiger partial charge in [0, 0.05) is 6.54 Å². The molecule has 0 amide bonds. The number of carboxylic acids is 1. The van der Waals surface area contributed by atoms with Gasteiger partial charge in [0.25, 0.3) is 0 Å². The molecule has 1 aliphatic heterocycles. The van der Waals surface area contributed by atoms with Crippen molar-refractivity contribution in [3.63, 3.8) is 0 Å². The monoisotopic (exact) mass is 185 g/mol. The Bertz CT molecular complexity index is 196. The molecule has 0 aromatic rings. The third-order valence-corrected chi connectivity index (χ3v) is 2.92. The van der Waals surface area contributed by atoms with Gasteiger partial charge in [-0.2, -0.15) is 0 Å². The Kier molecular flexibility index (Phi) is 2.96. The van der Waals surface area contributed by atoms with Crippen LogP contribution in [0.25, 0.3) is 0 Å². The first-order chi connectivity index (χ1) is 5.91. The molecule has 0 bridgehead atoms. The summed E-state index contributed by atoms with van der Waals surface area (Å²) in [5, 5.41) is 12.1. The van der Waals surface area contributed by atoms with Crippen molar-refractivity contribution in [2.24, 2.45) is 17.3 Å². The zero-order valence-electron chi connectivity index (χ0n) is 8.63. The van der Waals surface area contributed by atoms with Gasteiger partial charge in [-0.3, -0.25) is 4.79 Å². The van der Waals surface area contributed by atoms with Gasteiger partial charge in [-0.15, -0.1) is 0 Å². The highest BCUT2D eigenvalue weighted by atomic mass is 16.4. The molecule has 13 heavy (non-hydrogen) atoms. The van der Waals surface area contributed by atoms with E-state index in [0.717, 1.165) is 13.0 Å². The standard InChI is InChI=1S/C10H19NO2/c1-10(2,3)8-4-7(9(12)13)5-11-6-8/h7-8,11H,4-6H2,1-3H3,(H,12,13)/t7-,8-/m1/s1. The Morgan fingerprint density at radius 3 is 2.46 bits per heavy atom. The topological polar surface area (TPSA) is 49.3 Å². The number of hydrogen-bond donors (Lipinski definition) is 2. The number of hydrogen-bond acceptors (Lipinski definition) is 2. The average Bonchev–Trinajstić information content (AvgIpc) is 2.03. The van der Waals surface area contributed by atoms with Crippen LogP contribution in [-0.2, 0) is 4.79 Å². The lowest BCUT2D eigenvalue weighted by Gasteiger charge is -2.36. The molecular weight excluding hydrogens is 166 g/mol. The van der Waals surface area contributed by atoms with Gasteiger partial charge in [0.15, 0.2) is 0 Å². The predicted octanol–water partition coefficient (Wildman–Crippen LogP) is 1.34. The molecule has 1 rings (SSSR count). The van der Waals surface area contributed by atoms with Gasteiger partial charge in [-0.1, -0.05) is 20.8 Å². The molecule has 2 N–H and O–H groups in total. The number of aliphatic carboxylic acids is 1. The summed E-state index contributed by atoms with van der Waals surface area (Å²) in [4.78, 5) is 10.8.